The number of esters is 1. The number of carbonyl (C=O) groups is 2. The number of amides is 1. The Labute approximate surface area is 189 Å². The van der Waals surface area contributed by atoms with Gasteiger partial charge in [-0.3, -0.25) is 9.36 Å². The zero-order valence-electron chi connectivity index (χ0n) is 18.6. The SMILES string of the molecule is CC(C)CCP(=O)(O)C(CCC(=O)OCc1ccccc1)NC(=O)OCc1ccccc1. The summed E-state index contributed by atoms with van der Waals surface area (Å²) in [6, 6.07) is 18.4. The number of ether oxygens (including phenoxy) is 2. The van der Waals surface area contributed by atoms with Crippen LogP contribution < -0.4 is 5.32 Å². The molecule has 0 spiro atoms. The molecule has 0 aliphatic rings. The number of carbonyl (C=O) groups excluding carboxylic acids is 2. The summed E-state index contributed by atoms with van der Waals surface area (Å²) in [5.41, 5.74) is 1.65. The van der Waals surface area contributed by atoms with Crippen LogP contribution in [0.2, 0.25) is 0 Å². The summed E-state index contributed by atoms with van der Waals surface area (Å²) in [5.74, 6) is -1.35. The molecule has 0 bridgehead atoms. The number of hydrogen-bond donors (Lipinski definition) is 2. The van der Waals surface area contributed by atoms with Crippen LogP contribution in [0.25, 0.3) is 0 Å². The van der Waals surface area contributed by atoms with E-state index in [-0.39, 0.29) is 38.1 Å². The molecule has 2 N–H and O–H groups in total. The lowest BCUT2D eigenvalue weighted by molar-refractivity contribution is -0.145. The van der Waals surface area contributed by atoms with Crippen LogP contribution in [-0.4, -0.2) is 28.9 Å². The third-order valence-corrected chi connectivity index (χ3v) is 7.14. The predicted octanol–water partition coefficient (Wildman–Crippen LogP) is 5.08. The topological polar surface area (TPSA) is 102 Å². The minimum atomic E-state index is -3.76. The quantitative estimate of drug-likeness (QED) is 0.338. The first-order chi connectivity index (χ1) is 15.3. The van der Waals surface area contributed by atoms with Crippen molar-refractivity contribution >= 4 is 19.4 Å². The highest BCUT2D eigenvalue weighted by Gasteiger charge is 2.33. The van der Waals surface area contributed by atoms with Crippen molar-refractivity contribution in [2.45, 2.75) is 52.1 Å². The van der Waals surface area contributed by atoms with E-state index in [1.807, 2.05) is 74.5 Å². The van der Waals surface area contributed by atoms with Gasteiger partial charge in [0.25, 0.3) is 0 Å². The average molecular weight is 461 g/mol. The lowest BCUT2D eigenvalue weighted by Gasteiger charge is -2.24. The van der Waals surface area contributed by atoms with Crippen LogP contribution in [0.1, 0.15) is 44.2 Å². The molecule has 0 saturated heterocycles. The summed E-state index contributed by atoms with van der Waals surface area (Å²) in [6.45, 7) is 4.08. The van der Waals surface area contributed by atoms with Crippen LogP contribution in [0.4, 0.5) is 4.79 Å². The van der Waals surface area contributed by atoms with Gasteiger partial charge in [0.05, 0.1) is 0 Å². The first-order valence-corrected chi connectivity index (χ1v) is 12.7. The molecule has 2 aromatic carbocycles. The Kier molecular flexibility index (Phi) is 10.4. The van der Waals surface area contributed by atoms with Gasteiger partial charge in [0.1, 0.15) is 19.0 Å². The number of rotatable bonds is 12. The van der Waals surface area contributed by atoms with Gasteiger partial charge in [-0.05, 0) is 29.9 Å². The van der Waals surface area contributed by atoms with Gasteiger partial charge in [0.2, 0.25) is 7.37 Å². The third kappa shape index (κ3) is 9.67. The van der Waals surface area contributed by atoms with Crippen molar-refractivity contribution in [2.24, 2.45) is 5.92 Å². The highest BCUT2D eigenvalue weighted by atomic mass is 31.2. The highest BCUT2D eigenvalue weighted by molar-refractivity contribution is 7.58. The molecule has 2 aromatic rings. The van der Waals surface area contributed by atoms with E-state index in [4.69, 9.17) is 9.47 Å². The smallest absolute Gasteiger partial charge is 0.408 e. The van der Waals surface area contributed by atoms with Crippen molar-refractivity contribution in [3.8, 4) is 0 Å². The van der Waals surface area contributed by atoms with Gasteiger partial charge in [-0.15, -0.1) is 0 Å². The first-order valence-electron chi connectivity index (χ1n) is 10.7. The summed E-state index contributed by atoms with van der Waals surface area (Å²) in [6.07, 6.45) is -0.324. The minimum absolute atomic E-state index is 0.0140. The summed E-state index contributed by atoms with van der Waals surface area (Å²) < 4.78 is 23.4. The Morgan fingerprint density at radius 1 is 0.906 bits per heavy atom. The molecule has 174 valence electrons. The van der Waals surface area contributed by atoms with Crippen molar-refractivity contribution < 1.29 is 28.5 Å². The molecule has 32 heavy (non-hydrogen) atoms. The Hall–Kier alpha value is -2.63. The Morgan fingerprint density at radius 2 is 1.44 bits per heavy atom. The van der Waals surface area contributed by atoms with E-state index in [1.165, 1.54) is 0 Å². The van der Waals surface area contributed by atoms with Gasteiger partial charge in [-0.1, -0.05) is 74.5 Å². The average Bonchev–Trinajstić information content (AvgIpc) is 2.79. The molecular formula is C24H32NO6P. The minimum Gasteiger partial charge on any atom is -0.461 e. The van der Waals surface area contributed by atoms with Crippen LogP contribution in [-0.2, 0) is 32.0 Å². The fourth-order valence-corrected chi connectivity index (χ4v) is 4.98. The van der Waals surface area contributed by atoms with E-state index in [2.05, 4.69) is 5.32 Å². The summed E-state index contributed by atoms with van der Waals surface area (Å²) in [5, 5.41) is 2.50. The van der Waals surface area contributed by atoms with Crippen molar-refractivity contribution in [1.82, 2.24) is 5.32 Å². The fraction of sp³-hybridized carbons (Fsp3) is 0.417. The second-order valence-corrected chi connectivity index (χ2v) is 10.7. The fourth-order valence-electron chi connectivity index (χ4n) is 2.94. The molecule has 1 amide bonds. The van der Waals surface area contributed by atoms with Crippen molar-refractivity contribution in [2.75, 3.05) is 6.16 Å². The maximum Gasteiger partial charge on any atom is 0.408 e. The molecular weight excluding hydrogens is 429 g/mol. The van der Waals surface area contributed by atoms with Gasteiger partial charge in [0.15, 0.2) is 0 Å². The molecule has 8 heteroatoms. The van der Waals surface area contributed by atoms with Crippen LogP contribution in [0.3, 0.4) is 0 Å². The van der Waals surface area contributed by atoms with Gasteiger partial charge in [-0.2, -0.15) is 0 Å². The monoisotopic (exact) mass is 461 g/mol. The maximum absolute atomic E-state index is 13.0. The van der Waals surface area contributed by atoms with Crippen LogP contribution in [0.5, 0.6) is 0 Å². The Morgan fingerprint density at radius 3 is 1.97 bits per heavy atom. The van der Waals surface area contributed by atoms with Crippen molar-refractivity contribution in [3.63, 3.8) is 0 Å². The van der Waals surface area contributed by atoms with Crippen LogP contribution in [0.15, 0.2) is 60.7 Å². The van der Waals surface area contributed by atoms with Gasteiger partial charge in [-0.25, -0.2) is 4.79 Å². The first kappa shape index (κ1) is 25.6. The van der Waals surface area contributed by atoms with Crippen LogP contribution in [0, 0.1) is 5.92 Å². The predicted molar refractivity (Wildman–Crippen MR) is 123 cm³/mol. The standard InChI is InChI=1S/C24H32NO6P/c1-19(2)15-16-32(28,29)22(25-24(27)31-18-21-11-7-4-8-12-21)13-14-23(26)30-17-20-9-5-3-6-10-20/h3-12,19,22H,13-18H2,1-2H3,(H,25,27)(H,28,29). The second kappa shape index (κ2) is 13.0. The van der Waals surface area contributed by atoms with E-state index < -0.39 is 25.2 Å². The molecule has 0 fully saturated rings. The van der Waals surface area contributed by atoms with Gasteiger partial charge < -0.3 is 19.7 Å². The molecule has 0 aliphatic carbocycles. The van der Waals surface area contributed by atoms with Crippen molar-refractivity contribution in [1.29, 1.82) is 0 Å². The third-order valence-electron chi connectivity index (χ3n) is 4.88. The van der Waals surface area contributed by atoms with Crippen molar-refractivity contribution in [3.05, 3.63) is 71.8 Å². The summed E-state index contributed by atoms with van der Waals surface area (Å²) in [4.78, 5) is 35.1. The van der Waals surface area contributed by atoms with E-state index >= 15 is 0 Å². The Bertz CT molecular complexity index is 888. The van der Waals surface area contributed by atoms with Gasteiger partial charge >= 0.3 is 12.1 Å². The number of benzene rings is 2. The maximum atomic E-state index is 13.0. The van der Waals surface area contributed by atoms with E-state index in [9.17, 15) is 19.0 Å². The molecule has 2 rings (SSSR count). The largest absolute Gasteiger partial charge is 0.461 e. The molecule has 2 unspecified atom stereocenters. The van der Waals surface area contributed by atoms with E-state index in [0.29, 0.717) is 6.42 Å². The highest BCUT2D eigenvalue weighted by Crippen LogP contribution is 2.48. The lowest BCUT2D eigenvalue weighted by atomic mass is 10.2. The summed E-state index contributed by atoms with van der Waals surface area (Å²) >= 11 is 0. The molecule has 0 heterocycles. The molecule has 0 radical (unpaired) electrons. The van der Waals surface area contributed by atoms with Gasteiger partial charge in [0, 0.05) is 12.6 Å². The van der Waals surface area contributed by atoms with E-state index in [0.717, 1.165) is 11.1 Å². The zero-order valence-corrected chi connectivity index (χ0v) is 19.5. The van der Waals surface area contributed by atoms with E-state index in [1.54, 1.807) is 0 Å². The van der Waals surface area contributed by atoms with Crippen LogP contribution >= 0.6 is 7.37 Å². The molecule has 0 saturated carbocycles. The number of hydrogen-bond acceptors (Lipinski definition) is 5. The molecule has 7 nitrogen and oxygen atoms in total. The molecule has 0 aromatic heterocycles. The number of nitrogens with one attached hydrogen (secondary N) is 1. The lowest BCUT2D eigenvalue weighted by Crippen LogP contribution is -2.36. The molecule has 0 aliphatic heterocycles. The normalized spacial score (nSPS) is 13.8. The number of alkyl carbamates (subject to hydrolysis) is 1. The molecule has 2 atom stereocenters. The Balaban J connectivity index is 1.92. The summed E-state index contributed by atoms with van der Waals surface area (Å²) in [7, 11) is -3.76. The zero-order chi connectivity index (χ0) is 23.4. The second-order valence-electron chi connectivity index (χ2n) is 8.07.